The quantitative estimate of drug-likeness (QED) is 0.598. The van der Waals surface area contributed by atoms with E-state index in [1.54, 1.807) is 18.8 Å². The van der Waals surface area contributed by atoms with Gasteiger partial charge in [-0.3, -0.25) is 4.57 Å². The summed E-state index contributed by atoms with van der Waals surface area (Å²) in [4.78, 5) is 11.1. The zero-order chi connectivity index (χ0) is 12.2. The fourth-order valence-corrected chi connectivity index (χ4v) is 2.02. The van der Waals surface area contributed by atoms with Crippen molar-refractivity contribution in [3.63, 3.8) is 0 Å². The van der Waals surface area contributed by atoms with Gasteiger partial charge in [0.05, 0.1) is 0 Å². The van der Waals surface area contributed by atoms with Crippen molar-refractivity contribution < 1.29 is 0 Å². The van der Waals surface area contributed by atoms with E-state index in [-0.39, 0.29) is 11.2 Å². The molecule has 92 valence electrons. The molecule has 0 atom stereocenters. The molecule has 0 aromatic carbocycles. The molecule has 0 aliphatic rings. The molecule has 0 aliphatic heterocycles. The van der Waals surface area contributed by atoms with Crippen LogP contribution in [-0.4, -0.2) is 32.6 Å². The molecule has 1 aromatic heterocycles. The van der Waals surface area contributed by atoms with E-state index >= 15 is 0 Å². The van der Waals surface area contributed by atoms with Crippen molar-refractivity contribution in [3.05, 3.63) is 10.5 Å². The van der Waals surface area contributed by atoms with Gasteiger partial charge < -0.3 is 5.32 Å². The van der Waals surface area contributed by atoms with E-state index < -0.39 is 0 Å². The van der Waals surface area contributed by atoms with Crippen molar-refractivity contribution >= 4 is 11.8 Å². The Morgan fingerprint density at radius 2 is 2.19 bits per heavy atom. The Morgan fingerprint density at radius 3 is 2.69 bits per heavy atom. The van der Waals surface area contributed by atoms with Gasteiger partial charge in [0.25, 0.3) is 0 Å². The maximum absolute atomic E-state index is 11.1. The number of hydrogen-bond donors (Lipinski definition) is 2. The fourth-order valence-electron chi connectivity index (χ4n) is 1.16. The minimum atomic E-state index is -0.157. The second-order valence-electron chi connectivity index (χ2n) is 4.75. The molecular formula is C10H20N4OS. The van der Waals surface area contributed by atoms with Crippen LogP contribution in [0.1, 0.15) is 27.2 Å². The molecule has 5 nitrogen and oxygen atoms in total. The van der Waals surface area contributed by atoms with E-state index in [4.69, 9.17) is 0 Å². The first kappa shape index (κ1) is 13.3. The maximum Gasteiger partial charge on any atom is 0.343 e. The van der Waals surface area contributed by atoms with Gasteiger partial charge in [-0.25, -0.2) is 9.89 Å². The lowest BCUT2D eigenvalue weighted by Gasteiger charge is -2.20. The van der Waals surface area contributed by atoms with Gasteiger partial charge in [-0.05, 0) is 33.7 Å². The minimum absolute atomic E-state index is 0.157. The molecule has 0 radical (unpaired) electrons. The van der Waals surface area contributed by atoms with E-state index in [2.05, 4.69) is 36.3 Å². The van der Waals surface area contributed by atoms with Gasteiger partial charge in [0.2, 0.25) is 0 Å². The van der Waals surface area contributed by atoms with Crippen molar-refractivity contribution in [3.8, 4) is 0 Å². The third-order valence-electron chi connectivity index (χ3n) is 2.05. The summed E-state index contributed by atoms with van der Waals surface area (Å²) in [5.74, 6) is 0.960. The van der Waals surface area contributed by atoms with Crippen molar-refractivity contribution in [1.29, 1.82) is 0 Å². The number of nitrogens with one attached hydrogen (secondary N) is 2. The normalized spacial score (nSPS) is 12.0. The lowest BCUT2D eigenvalue weighted by molar-refractivity contribution is 0.427. The Labute approximate surface area is 100 Å². The topological polar surface area (TPSA) is 62.7 Å². The third kappa shape index (κ3) is 4.40. The van der Waals surface area contributed by atoms with Crippen LogP contribution >= 0.6 is 11.8 Å². The van der Waals surface area contributed by atoms with Gasteiger partial charge in [0.15, 0.2) is 5.16 Å². The summed E-state index contributed by atoms with van der Waals surface area (Å²) in [7, 11) is 1.72. The molecule has 16 heavy (non-hydrogen) atoms. The number of hydrogen-bond acceptors (Lipinski definition) is 4. The summed E-state index contributed by atoms with van der Waals surface area (Å²) in [6, 6.07) is 0. The Bertz CT molecular complexity index is 377. The molecule has 0 aliphatic carbocycles. The number of aromatic amines is 1. The average Bonchev–Trinajstić information content (AvgIpc) is 2.47. The van der Waals surface area contributed by atoms with E-state index in [1.165, 1.54) is 4.57 Å². The van der Waals surface area contributed by atoms with Gasteiger partial charge in [0, 0.05) is 18.3 Å². The van der Waals surface area contributed by atoms with Gasteiger partial charge in [-0.15, -0.1) is 5.10 Å². The van der Waals surface area contributed by atoms with Gasteiger partial charge in [-0.2, -0.15) is 0 Å². The number of thioether (sulfide) groups is 1. The van der Waals surface area contributed by atoms with Crippen molar-refractivity contribution in [1.82, 2.24) is 20.1 Å². The first-order valence-electron chi connectivity index (χ1n) is 5.39. The molecule has 1 heterocycles. The Morgan fingerprint density at radius 1 is 1.50 bits per heavy atom. The maximum atomic E-state index is 11.1. The number of aromatic nitrogens is 3. The van der Waals surface area contributed by atoms with Gasteiger partial charge >= 0.3 is 5.69 Å². The molecule has 0 amide bonds. The predicted molar refractivity (Wildman–Crippen MR) is 66.9 cm³/mol. The summed E-state index contributed by atoms with van der Waals surface area (Å²) >= 11 is 1.60. The molecular weight excluding hydrogens is 224 g/mol. The molecule has 0 spiro atoms. The molecule has 1 rings (SSSR count). The summed E-state index contributed by atoms with van der Waals surface area (Å²) in [5.41, 5.74) is 0.0134. The summed E-state index contributed by atoms with van der Waals surface area (Å²) in [6.45, 7) is 7.43. The highest BCUT2D eigenvalue weighted by Crippen LogP contribution is 2.12. The Balaban J connectivity index is 2.22. The van der Waals surface area contributed by atoms with E-state index in [0.29, 0.717) is 0 Å². The van der Waals surface area contributed by atoms with Crippen LogP contribution in [-0.2, 0) is 7.05 Å². The Hall–Kier alpha value is -0.750. The first-order valence-corrected chi connectivity index (χ1v) is 6.38. The second kappa shape index (κ2) is 5.54. The second-order valence-corrected chi connectivity index (χ2v) is 5.81. The number of rotatable bonds is 5. The lowest BCUT2D eigenvalue weighted by Crippen LogP contribution is -2.36. The van der Waals surface area contributed by atoms with E-state index in [0.717, 1.165) is 23.9 Å². The highest BCUT2D eigenvalue weighted by molar-refractivity contribution is 7.99. The van der Waals surface area contributed by atoms with Crippen LogP contribution in [0.3, 0.4) is 0 Å². The molecule has 0 unspecified atom stereocenters. The van der Waals surface area contributed by atoms with Gasteiger partial charge in [-0.1, -0.05) is 11.8 Å². The molecule has 0 fully saturated rings. The largest absolute Gasteiger partial charge is 0.343 e. The minimum Gasteiger partial charge on any atom is -0.312 e. The van der Waals surface area contributed by atoms with Crippen LogP contribution < -0.4 is 11.0 Å². The summed E-state index contributed by atoms with van der Waals surface area (Å²) < 4.78 is 1.53. The van der Waals surface area contributed by atoms with Crippen LogP contribution in [0.5, 0.6) is 0 Å². The fraction of sp³-hybridized carbons (Fsp3) is 0.800. The molecule has 2 N–H and O–H groups in total. The van der Waals surface area contributed by atoms with E-state index in [1.807, 2.05) is 0 Å². The molecule has 0 bridgehead atoms. The lowest BCUT2D eigenvalue weighted by atomic mass is 10.1. The number of nitrogens with zero attached hydrogens (tertiary/aromatic N) is 2. The standard InChI is InChI=1S/C10H20N4OS/c1-10(2,3)11-6-5-7-16-9-13-12-8(15)14(9)4/h11H,5-7H2,1-4H3,(H,12,15). The van der Waals surface area contributed by atoms with Crippen LogP contribution in [0.2, 0.25) is 0 Å². The molecule has 1 aromatic rings. The highest BCUT2D eigenvalue weighted by Gasteiger charge is 2.08. The monoisotopic (exact) mass is 244 g/mol. The average molecular weight is 244 g/mol. The molecule has 6 heteroatoms. The predicted octanol–water partition coefficient (Wildman–Crippen LogP) is 0.979. The smallest absolute Gasteiger partial charge is 0.312 e. The highest BCUT2D eigenvalue weighted by atomic mass is 32.2. The zero-order valence-electron chi connectivity index (χ0n) is 10.3. The van der Waals surface area contributed by atoms with E-state index in [9.17, 15) is 4.79 Å². The van der Waals surface area contributed by atoms with Gasteiger partial charge in [0.1, 0.15) is 0 Å². The van der Waals surface area contributed by atoms with Crippen molar-refractivity contribution in [2.24, 2.45) is 7.05 Å². The van der Waals surface area contributed by atoms with Crippen LogP contribution in [0, 0.1) is 0 Å². The van der Waals surface area contributed by atoms with Crippen LogP contribution in [0.25, 0.3) is 0 Å². The SMILES string of the molecule is Cn1c(SCCCNC(C)(C)C)n[nH]c1=O. The summed E-state index contributed by atoms with van der Waals surface area (Å²) in [5, 5.41) is 10.5. The third-order valence-corrected chi connectivity index (χ3v) is 3.16. The summed E-state index contributed by atoms with van der Waals surface area (Å²) in [6.07, 6.45) is 1.06. The first-order chi connectivity index (χ1) is 7.40. The number of H-pyrrole nitrogens is 1. The van der Waals surface area contributed by atoms with Crippen LogP contribution in [0.15, 0.2) is 9.95 Å². The molecule has 0 saturated heterocycles. The Kier molecular flexibility index (Phi) is 4.61. The zero-order valence-corrected chi connectivity index (χ0v) is 11.1. The van der Waals surface area contributed by atoms with Crippen molar-refractivity contribution in [2.75, 3.05) is 12.3 Å². The molecule has 0 saturated carbocycles. The van der Waals surface area contributed by atoms with Crippen LogP contribution in [0.4, 0.5) is 0 Å². The van der Waals surface area contributed by atoms with Crippen molar-refractivity contribution in [2.45, 2.75) is 37.9 Å².